The Morgan fingerprint density at radius 1 is 1.21 bits per heavy atom. The van der Waals surface area contributed by atoms with E-state index in [0.29, 0.717) is 30.8 Å². The number of alkyl halides is 3. The van der Waals surface area contributed by atoms with E-state index in [1.165, 1.54) is 29.8 Å². The molecule has 0 bridgehead atoms. The van der Waals surface area contributed by atoms with E-state index in [4.69, 9.17) is 0 Å². The fraction of sp³-hybridized carbons (Fsp3) is 0.458. The molecule has 5 heterocycles. The number of carbonyl (C=O) groups excluding carboxylic acids is 1. The van der Waals surface area contributed by atoms with Crippen LogP contribution in [0.25, 0.3) is 27.9 Å². The van der Waals surface area contributed by atoms with Crippen LogP contribution >= 0.6 is 0 Å². The maximum Gasteiger partial charge on any atom is 0.406 e. The molecule has 2 atom stereocenters. The maximum atomic E-state index is 15.3. The minimum absolute atomic E-state index is 0.00665. The third kappa shape index (κ3) is 4.70. The molecule has 0 spiro atoms. The number of aromatic nitrogens is 6. The van der Waals surface area contributed by atoms with E-state index in [1.54, 1.807) is 18.9 Å². The van der Waals surface area contributed by atoms with Gasteiger partial charge in [0, 0.05) is 33.1 Å². The van der Waals surface area contributed by atoms with Crippen LogP contribution in [0.3, 0.4) is 0 Å². The van der Waals surface area contributed by atoms with Gasteiger partial charge in [0.25, 0.3) is 0 Å². The van der Waals surface area contributed by atoms with Crippen LogP contribution in [-0.4, -0.2) is 72.3 Å². The van der Waals surface area contributed by atoms with Crippen LogP contribution in [0, 0.1) is 18.7 Å². The SMILES string of the molecule is CNc1nc(NC2CCN(C(C)=O)CC2C)nn2cc(F)c(-c3ccc4nc(C)n(CC(F)(F)F)c4n3)c12. The van der Waals surface area contributed by atoms with Crippen LogP contribution < -0.4 is 10.6 Å². The van der Waals surface area contributed by atoms with Gasteiger partial charge >= 0.3 is 6.18 Å². The number of halogens is 4. The average Bonchev–Trinajstić information content (AvgIpc) is 3.33. The van der Waals surface area contributed by atoms with Crippen LogP contribution in [-0.2, 0) is 11.3 Å². The molecule has 14 heteroatoms. The number of rotatable bonds is 5. The highest BCUT2D eigenvalue weighted by Crippen LogP contribution is 2.34. The zero-order valence-electron chi connectivity index (χ0n) is 21.3. The summed E-state index contributed by atoms with van der Waals surface area (Å²) in [6.07, 6.45) is -2.58. The number of anilines is 2. The molecule has 38 heavy (non-hydrogen) atoms. The molecule has 202 valence electrons. The molecule has 0 radical (unpaired) electrons. The molecule has 4 aromatic rings. The Morgan fingerprint density at radius 2 is 1.97 bits per heavy atom. The summed E-state index contributed by atoms with van der Waals surface area (Å²) in [5, 5.41) is 10.7. The highest BCUT2D eigenvalue weighted by atomic mass is 19.4. The van der Waals surface area contributed by atoms with E-state index in [-0.39, 0.29) is 52.1 Å². The number of fused-ring (bicyclic) bond motifs is 2. The number of nitrogens with zero attached hydrogens (tertiary/aromatic N) is 7. The highest BCUT2D eigenvalue weighted by molar-refractivity contribution is 5.89. The zero-order valence-corrected chi connectivity index (χ0v) is 21.3. The minimum atomic E-state index is -4.47. The average molecular weight is 534 g/mol. The van der Waals surface area contributed by atoms with Crippen molar-refractivity contribution in [3.8, 4) is 11.3 Å². The summed E-state index contributed by atoms with van der Waals surface area (Å²) in [4.78, 5) is 26.6. The third-order valence-electron chi connectivity index (χ3n) is 6.86. The topological polar surface area (TPSA) is 105 Å². The van der Waals surface area contributed by atoms with Crippen molar-refractivity contribution in [3.05, 3.63) is 30.0 Å². The van der Waals surface area contributed by atoms with Gasteiger partial charge in [-0.2, -0.15) is 18.2 Å². The predicted molar refractivity (Wildman–Crippen MR) is 133 cm³/mol. The Balaban J connectivity index is 1.53. The number of nitrogens with one attached hydrogen (secondary N) is 2. The van der Waals surface area contributed by atoms with Gasteiger partial charge in [0.2, 0.25) is 11.9 Å². The van der Waals surface area contributed by atoms with E-state index in [1.807, 2.05) is 6.92 Å². The lowest BCUT2D eigenvalue weighted by Gasteiger charge is -2.36. The highest BCUT2D eigenvalue weighted by Gasteiger charge is 2.31. The molecule has 4 aromatic heterocycles. The van der Waals surface area contributed by atoms with E-state index < -0.39 is 18.5 Å². The van der Waals surface area contributed by atoms with Gasteiger partial charge in [0.15, 0.2) is 17.3 Å². The van der Waals surface area contributed by atoms with Gasteiger partial charge in [0.1, 0.15) is 23.4 Å². The van der Waals surface area contributed by atoms with Gasteiger partial charge in [-0.25, -0.2) is 18.9 Å². The van der Waals surface area contributed by atoms with Gasteiger partial charge in [-0.15, -0.1) is 5.10 Å². The minimum Gasteiger partial charge on any atom is -0.371 e. The van der Waals surface area contributed by atoms with Crippen molar-refractivity contribution < 1.29 is 22.4 Å². The molecule has 0 aromatic carbocycles. The molecule has 10 nitrogen and oxygen atoms in total. The molecule has 1 aliphatic heterocycles. The molecule has 1 saturated heterocycles. The second kappa shape index (κ2) is 9.40. The summed E-state index contributed by atoms with van der Waals surface area (Å²) in [6.45, 7) is 5.01. The van der Waals surface area contributed by atoms with Gasteiger partial charge in [-0.05, 0) is 31.4 Å². The first kappa shape index (κ1) is 25.7. The Morgan fingerprint density at radius 3 is 2.63 bits per heavy atom. The molecule has 2 N–H and O–H groups in total. The Hall–Kier alpha value is -3.97. The Bertz CT molecular complexity index is 1530. The number of likely N-dealkylation sites (tertiary alicyclic amines) is 1. The summed E-state index contributed by atoms with van der Waals surface area (Å²) in [6, 6.07) is 3.04. The molecular weight excluding hydrogens is 506 g/mol. The lowest BCUT2D eigenvalue weighted by atomic mass is 9.94. The van der Waals surface area contributed by atoms with Crippen molar-refractivity contribution >= 4 is 34.4 Å². The zero-order chi connectivity index (χ0) is 27.4. The van der Waals surface area contributed by atoms with Crippen LogP contribution in [0.5, 0.6) is 0 Å². The van der Waals surface area contributed by atoms with Crippen LogP contribution in [0.15, 0.2) is 18.3 Å². The van der Waals surface area contributed by atoms with Gasteiger partial charge < -0.3 is 20.1 Å². The maximum absolute atomic E-state index is 15.3. The van der Waals surface area contributed by atoms with E-state index in [9.17, 15) is 18.0 Å². The number of amides is 1. The van der Waals surface area contributed by atoms with E-state index in [0.717, 1.165) is 4.57 Å². The number of hydrogen-bond acceptors (Lipinski definition) is 7. The second-order valence-electron chi connectivity index (χ2n) is 9.56. The summed E-state index contributed by atoms with van der Waals surface area (Å²) in [7, 11) is 1.63. The second-order valence-corrected chi connectivity index (χ2v) is 9.56. The summed E-state index contributed by atoms with van der Waals surface area (Å²) in [5.41, 5.74) is 0.767. The summed E-state index contributed by atoms with van der Waals surface area (Å²) >= 11 is 0. The fourth-order valence-electron chi connectivity index (χ4n) is 4.97. The van der Waals surface area contributed by atoms with Gasteiger partial charge in [-0.1, -0.05) is 6.92 Å². The van der Waals surface area contributed by atoms with Crippen LogP contribution in [0.1, 0.15) is 26.1 Å². The number of imidazole rings is 1. The van der Waals surface area contributed by atoms with Crippen molar-refractivity contribution in [2.45, 2.75) is 46.0 Å². The lowest BCUT2D eigenvalue weighted by Crippen LogP contribution is -2.47. The first-order chi connectivity index (χ1) is 17.9. The molecule has 5 rings (SSSR count). The van der Waals surface area contributed by atoms with Gasteiger partial charge in [-0.3, -0.25) is 4.79 Å². The third-order valence-corrected chi connectivity index (χ3v) is 6.86. The molecule has 2 unspecified atom stereocenters. The summed E-state index contributed by atoms with van der Waals surface area (Å²) < 4.78 is 57.1. The van der Waals surface area contributed by atoms with E-state index >= 15 is 4.39 Å². The Kier molecular flexibility index (Phi) is 6.35. The first-order valence-corrected chi connectivity index (χ1v) is 12.1. The monoisotopic (exact) mass is 533 g/mol. The lowest BCUT2D eigenvalue weighted by molar-refractivity contribution is -0.140. The number of piperidine rings is 1. The van der Waals surface area contributed by atoms with Crippen LogP contribution in [0.4, 0.5) is 29.3 Å². The number of pyridine rings is 1. The van der Waals surface area contributed by atoms with Crippen molar-refractivity contribution in [3.63, 3.8) is 0 Å². The molecule has 0 aliphatic carbocycles. The normalized spacial score (nSPS) is 18.4. The Labute approximate surface area is 215 Å². The van der Waals surface area contributed by atoms with Crippen molar-refractivity contribution in [2.75, 3.05) is 30.8 Å². The molecule has 1 aliphatic rings. The molecule has 1 amide bonds. The standard InChI is InChI=1S/C24H27F4N9O/c1-12-9-35(14(3)38)8-7-16(12)32-23-33-21(29-4)20-19(15(25)10-37(20)34-23)17-5-6-18-22(31-17)36(13(2)30-18)11-24(26,27)28/h5-6,10,12,16H,7-9,11H2,1-4H3,(H2,29,32,33,34). The first-order valence-electron chi connectivity index (χ1n) is 12.1. The van der Waals surface area contributed by atoms with Crippen molar-refractivity contribution in [1.82, 2.24) is 34.0 Å². The largest absolute Gasteiger partial charge is 0.406 e. The number of aryl methyl sites for hydroxylation is 1. The molecule has 0 saturated carbocycles. The quantitative estimate of drug-likeness (QED) is 0.376. The molecule has 1 fully saturated rings. The number of hydrogen-bond donors (Lipinski definition) is 2. The fourth-order valence-corrected chi connectivity index (χ4v) is 4.97. The predicted octanol–water partition coefficient (Wildman–Crippen LogP) is 3.86. The molecular formula is C24H27F4N9O. The van der Waals surface area contributed by atoms with Gasteiger partial charge in [0.05, 0.1) is 17.5 Å². The summed E-state index contributed by atoms with van der Waals surface area (Å²) in [5.74, 6) is 0.270. The van der Waals surface area contributed by atoms with Crippen molar-refractivity contribution in [1.29, 1.82) is 0 Å². The number of carbonyl (C=O) groups is 1. The smallest absolute Gasteiger partial charge is 0.371 e. The van der Waals surface area contributed by atoms with Crippen molar-refractivity contribution in [2.24, 2.45) is 5.92 Å². The van der Waals surface area contributed by atoms with Crippen LogP contribution in [0.2, 0.25) is 0 Å². The van der Waals surface area contributed by atoms with E-state index in [2.05, 4.69) is 30.7 Å².